The monoisotopic (exact) mass is 269 g/mol. The average Bonchev–Trinajstić information content (AvgIpc) is 2.38. The van der Waals surface area contributed by atoms with Crippen LogP contribution < -0.4 is 5.73 Å². The van der Waals surface area contributed by atoms with Crippen LogP contribution in [0.25, 0.3) is 0 Å². The second-order valence-electron chi connectivity index (χ2n) is 4.37. The highest BCUT2D eigenvalue weighted by Crippen LogP contribution is 2.26. The Labute approximate surface area is 113 Å². The first-order chi connectivity index (χ1) is 8.56. The zero-order chi connectivity index (χ0) is 13.5. The maximum atomic E-state index is 8.46. The van der Waals surface area contributed by atoms with E-state index in [1.54, 1.807) is 0 Å². The van der Waals surface area contributed by atoms with E-state index in [0.717, 1.165) is 23.6 Å². The van der Waals surface area contributed by atoms with Crippen LogP contribution in [-0.4, -0.2) is 29.5 Å². The van der Waals surface area contributed by atoms with Crippen molar-refractivity contribution in [1.82, 2.24) is 4.90 Å². The molecule has 0 saturated heterocycles. The summed E-state index contributed by atoms with van der Waals surface area (Å²) in [5.74, 6) is 0.272. The Balaban J connectivity index is 2.52. The summed E-state index contributed by atoms with van der Waals surface area (Å²) in [5.41, 5.74) is 6.55. The zero-order valence-corrected chi connectivity index (χ0v) is 11.6. The molecule has 0 fully saturated rings. The Bertz CT molecular complexity index is 409. The lowest BCUT2D eigenvalue weighted by atomic mass is 10.1. The molecule has 100 valence electrons. The summed E-state index contributed by atoms with van der Waals surface area (Å²) in [5, 5.41) is 12.2. The second kappa shape index (κ2) is 7.24. The van der Waals surface area contributed by atoms with Gasteiger partial charge in [-0.15, -0.1) is 0 Å². The molecule has 0 saturated carbocycles. The van der Waals surface area contributed by atoms with Crippen LogP contribution in [-0.2, 0) is 0 Å². The Morgan fingerprint density at radius 2 is 2.17 bits per heavy atom. The number of benzene rings is 1. The van der Waals surface area contributed by atoms with E-state index >= 15 is 0 Å². The van der Waals surface area contributed by atoms with Crippen LogP contribution in [0.15, 0.2) is 29.4 Å². The minimum atomic E-state index is 0.242. The van der Waals surface area contributed by atoms with Crippen LogP contribution >= 0.6 is 11.6 Å². The van der Waals surface area contributed by atoms with Crippen LogP contribution in [0.2, 0.25) is 5.02 Å². The number of hydrogen-bond acceptors (Lipinski definition) is 3. The van der Waals surface area contributed by atoms with Crippen molar-refractivity contribution in [3.63, 3.8) is 0 Å². The van der Waals surface area contributed by atoms with Gasteiger partial charge in [0.2, 0.25) is 0 Å². The SMILES string of the molecule is CC(c1ccccc1Cl)N(C)CCCC(N)=NO. The molecule has 0 aliphatic rings. The van der Waals surface area contributed by atoms with Crippen molar-refractivity contribution in [3.8, 4) is 0 Å². The minimum Gasteiger partial charge on any atom is -0.409 e. The Hall–Kier alpha value is -1.26. The van der Waals surface area contributed by atoms with Crippen LogP contribution in [0, 0.1) is 0 Å². The molecular formula is C13H20ClN3O. The molecule has 1 rings (SSSR count). The van der Waals surface area contributed by atoms with E-state index in [1.165, 1.54) is 0 Å². The number of hydrogen-bond donors (Lipinski definition) is 2. The lowest BCUT2D eigenvalue weighted by molar-refractivity contribution is 0.259. The van der Waals surface area contributed by atoms with Gasteiger partial charge in [-0.1, -0.05) is 35.0 Å². The molecule has 0 heterocycles. The van der Waals surface area contributed by atoms with Gasteiger partial charge in [-0.3, -0.25) is 4.90 Å². The molecule has 1 atom stereocenters. The second-order valence-corrected chi connectivity index (χ2v) is 4.78. The maximum Gasteiger partial charge on any atom is 0.139 e. The molecule has 0 aliphatic carbocycles. The van der Waals surface area contributed by atoms with Gasteiger partial charge in [0.1, 0.15) is 5.84 Å². The highest BCUT2D eigenvalue weighted by Gasteiger charge is 2.13. The van der Waals surface area contributed by atoms with E-state index in [-0.39, 0.29) is 11.9 Å². The van der Waals surface area contributed by atoms with Gasteiger partial charge in [-0.2, -0.15) is 0 Å². The molecule has 0 radical (unpaired) electrons. The molecule has 0 amide bonds. The molecule has 3 N–H and O–H groups in total. The number of oxime groups is 1. The lowest BCUT2D eigenvalue weighted by Crippen LogP contribution is -2.25. The van der Waals surface area contributed by atoms with Gasteiger partial charge in [0.05, 0.1) is 0 Å². The molecule has 0 aromatic heterocycles. The molecule has 18 heavy (non-hydrogen) atoms. The number of halogens is 1. The average molecular weight is 270 g/mol. The lowest BCUT2D eigenvalue weighted by Gasteiger charge is -2.25. The predicted octanol–water partition coefficient (Wildman–Crippen LogP) is 2.86. The maximum absolute atomic E-state index is 8.46. The van der Waals surface area contributed by atoms with Crippen molar-refractivity contribution >= 4 is 17.4 Å². The molecule has 5 heteroatoms. The highest BCUT2D eigenvalue weighted by molar-refractivity contribution is 6.31. The summed E-state index contributed by atoms with van der Waals surface area (Å²) in [6, 6.07) is 8.09. The van der Waals surface area contributed by atoms with Crippen molar-refractivity contribution in [1.29, 1.82) is 0 Å². The van der Waals surface area contributed by atoms with Crippen molar-refractivity contribution in [3.05, 3.63) is 34.9 Å². The predicted molar refractivity (Wildman–Crippen MR) is 75.1 cm³/mol. The normalized spacial score (nSPS) is 13.9. The third-order valence-corrected chi connectivity index (χ3v) is 3.43. The Morgan fingerprint density at radius 3 is 2.78 bits per heavy atom. The summed E-state index contributed by atoms with van der Waals surface area (Å²) in [6.07, 6.45) is 1.44. The summed E-state index contributed by atoms with van der Waals surface area (Å²) in [6.45, 7) is 2.98. The number of amidine groups is 1. The van der Waals surface area contributed by atoms with Gasteiger partial charge >= 0.3 is 0 Å². The van der Waals surface area contributed by atoms with Crippen molar-refractivity contribution in [2.75, 3.05) is 13.6 Å². The summed E-state index contributed by atoms with van der Waals surface area (Å²) in [7, 11) is 2.04. The fourth-order valence-electron chi connectivity index (χ4n) is 1.80. The molecule has 0 aliphatic heterocycles. The largest absolute Gasteiger partial charge is 0.409 e. The van der Waals surface area contributed by atoms with Gasteiger partial charge in [0, 0.05) is 17.5 Å². The van der Waals surface area contributed by atoms with E-state index < -0.39 is 0 Å². The van der Waals surface area contributed by atoms with Gasteiger partial charge in [-0.05, 0) is 38.6 Å². The first-order valence-corrected chi connectivity index (χ1v) is 6.35. The van der Waals surface area contributed by atoms with Gasteiger partial charge < -0.3 is 10.9 Å². The fraction of sp³-hybridized carbons (Fsp3) is 0.462. The molecular weight excluding hydrogens is 250 g/mol. The first kappa shape index (κ1) is 14.8. The topological polar surface area (TPSA) is 61.8 Å². The first-order valence-electron chi connectivity index (χ1n) is 5.97. The fourth-order valence-corrected chi connectivity index (χ4v) is 2.10. The minimum absolute atomic E-state index is 0.242. The van der Waals surface area contributed by atoms with E-state index in [2.05, 4.69) is 17.0 Å². The van der Waals surface area contributed by atoms with Gasteiger partial charge in [0.25, 0.3) is 0 Å². The van der Waals surface area contributed by atoms with Crippen LogP contribution in [0.3, 0.4) is 0 Å². The third-order valence-electron chi connectivity index (χ3n) is 3.09. The van der Waals surface area contributed by atoms with E-state index in [0.29, 0.717) is 6.42 Å². The van der Waals surface area contributed by atoms with Crippen LogP contribution in [0.1, 0.15) is 31.4 Å². The molecule has 0 bridgehead atoms. The Morgan fingerprint density at radius 1 is 1.50 bits per heavy atom. The van der Waals surface area contributed by atoms with E-state index in [1.807, 2.05) is 31.3 Å². The van der Waals surface area contributed by atoms with Crippen molar-refractivity contribution < 1.29 is 5.21 Å². The quantitative estimate of drug-likeness (QED) is 0.361. The van der Waals surface area contributed by atoms with Crippen LogP contribution in [0.4, 0.5) is 0 Å². The van der Waals surface area contributed by atoms with Crippen LogP contribution in [0.5, 0.6) is 0 Å². The smallest absolute Gasteiger partial charge is 0.139 e. The molecule has 1 aromatic carbocycles. The summed E-state index contributed by atoms with van der Waals surface area (Å²) in [4.78, 5) is 2.20. The number of nitrogens with two attached hydrogens (primary N) is 1. The highest BCUT2D eigenvalue weighted by atomic mass is 35.5. The number of rotatable bonds is 6. The molecule has 1 aromatic rings. The van der Waals surface area contributed by atoms with E-state index in [9.17, 15) is 0 Å². The zero-order valence-electron chi connectivity index (χ0n) is 10.8. The molecule has 0 spiro atoms. The van der Waals surface area contributed by atoms with Gasteiger partial charge in [0.15, 0.2) is 0 Å². The van der Waals surface area contributed by atoms with Crippen molar-refractivity contribution in [2.24, 2.45) is 10.9 Å². The number of nitrogens with zero attached hydrogens (tertiary/aromatic N) is 2. The molecule has 4 nitrogen and oxygen atoms in total. The van der Waals surface area contributed by atoms with E-state index in [4.69, 9.17) is 22.5 Å². The van der Waals surface area contributed by atoms with Gasteiger partial charge in [-0.25, -0.2) is 0 Å². The molecule has 1 unspecified atom stereocenters. The third kappa shape index (κ3) is 4.20. The standard InChI is InChI=1S/C13H20ClN3O/c1-10(11-6-3-4-7-12(11)14)17(2)9-5-8-13(15)16-18/h3-4,6-7,10,18H,5,8-9H2,1-2H3,(H2,15,16). The Kier molecular flexibility index (Phi) is 5.95. The summed E-state index contributed by atoms with van der Waals surface area (Å²) < 4.78 is 0. The van der Waals surface area contributed by atoms with Crippen molar-refractivity contribution in [2.45, 2.75) is 25.8 Å². The summed E-state index contributed by atoms with van der Waals surface area (Å²) >= 11 is 6.17.